The second kappa shape index (κ2) is 11.9. The number of nitrogens with zero attached hydrogens (tertiary/aromatic N) is 5. The van der Waals surface area contributed by atoms with E-state index in [1.54, 1.807) is 30.5 Å². The molecule has 1 amide bonds. The molecule has 0 spiro atoms. The van der Waals surface area contributed by atoms with Gasteiger partial charge in [-0.15, -0.1) is 0 Å². The van der Waals surface area contributed by atoms with Crippen molar-refractivity contribution in [2.45, 2.75) is 70.4 Å². The number of carbonyl (C=O) groups is 1. The van der Waals surface area contributed by atoms with Gasteiger partial charge >= 0.3 is 0 Å². The zero-order valence-corrected chi connectivity index (χ0v) is 26.4. The second-order valence-electron chi connectivity index (χ2n) is 13.4. The van der Waals surface area contributed by atoms with Gasteiger partial charge in [0, 0.05) is 45.0 Å². The summed E-state index contributed by atoms with van der Waals surface area (Å²) in [6, 6.07) is 4.47. The van der Waals surface area contributed by atoms with Gasteiger partial charge in [-0.25, -0.2) is 27.5 Å². The van der Waals surface area contributed by atoms with Crippen LogP contribution >= 0.6 is 0 Å². The molecular formula is C32H43FN6O3S. The van der Waals surface area contributed by atoms with Crippen molar-refractivity contribution >= 4 is 27.0 Å². The molecule has 6 rings (SSSR count). The van der Waals surface area contributed by atoms with Crippen LogP contribution in [0.1, 0.15) is 74.2 Å². The number of amides is 1. The molecule has 3 aromatic rings. The number of fused-ring (bicyclic) bond motifs is 2. The van der Waals surface area contributed by atoms with Crippen molar-refractivity contribution in [1.82, 2.24) is 29.1 Å². The van der Waals surface area contributed by atoms with E-state index in [9.17, 15) is 17.6 Å². The summed E-state index contributed by atoms with van der Waals surface area (Å²) in [6.45, 7) is 7.19. The maximum absolute atomic E-state index is 14.4. The first-order chi connectivity index (χ1) is 20.5. The molecule has 3 aliphatic rings. The number of nitrogens with one attached hydrogen (secondary N) is 1. The third-order valence-electron chi connectivity index (χ3n) is 10.0. The predicted molar refractivity (Wildman–Crippen MR) is 165 cm³/mol. The number of likely N-dealkylation sites (tertiary alicyclic amines) is 1. The lowest BCUT2D eigenvalue weighted by atomic mass is 9.86. The van der Waals surface area contributed by atoms with Crippen LogP contribution in [0.4, 0.5) is 4.39 Å². The Bertz CT molecular complexity index is 1590. The molecule has 1 aromatic carbocycles. The Balaban J connectivity index is 1.17. The molecule has 9 nitrogen and oxygen atoms in total. The summed E-state index contributed by atoms with van der Waals surface area (Å²) < 4.78 is 42.3. The number of rotatable bonds is 8. The first-order valence-electron chi connectivity index (χ1n) is 15.5. The number of carbonyl (C=O) groups excluding carboxylic acids is 1. The molecule has 0 bridgehead atoms. The Morgan fingerprint density at radius 1 is 1.14 bits per heavy atom. The van der Waals surface area contributed by atoms with Crippen LogP contribution in [0.3, 0.4) is 0 Å². The highest BCUT2D eigenvalue weighted by Gasteiger charge is 2.43. The lowest BCUT2D eigenvalue weighted by molar-refractivity contribution is 0.0754. The highest BCUT2D eigenvalue weighted by molar-refractivity contribution is 7.88. The average molecular weight is 611 g/mol. The molecule has 43 heavy (non-hydrogen) atoms. The van der Waals surface area contributed by atoms with Gasteiger partial charge in [-0.1, -0.05) is 0 Å². The Morgan fingerprint density at radius 2 is 1.84 bits per heavy atom. The van der Waals surface area contributed by atoms with Crippen LogP contribution in [0.25, 0.3) is 16.7 Å². The molecule has 2 unspecified atom stereocenters. The maximum Gasteiger partial charge on any atom is 0.256 e. The first kappa shape index (κ1) is 30.1. The molecule has 232 valence electrons. The summed E-state index contributed by atoms with van der Waals surface area (Å²) in [5.41, 5.74) is 3.86. The number of benzene rings is 1. The molecule has 1 N–H and O–H groups in total. The molecule has 0 radical (unpaired) electrons. The van der Waals surface area contributed by atoms with Crippen LogP contribution in [-0.2, 0) is 10.0 Å². The fourth-order valence-electron chi connectivity index (χ4n) is 7.73. The first-order valence-corrected chi connectivity index (χ1v) is 17.4. The van der Waals surface area contributed by atoms with Crippen molar-refractivity contribution in [2.24, 2.45) is 17.8 Å². The molecule has 2 aliphatic carbocycles. The molecular weight excluding hydrogens is 567 g/mol. The third-order valence-corrected chi connectivity index (χ3v) is 10.8. The third kappa shape index (κ3) is 6.35. The van der Waals surface area contributed by atoms with E-state index in [4.69, 9.17) is 0 Å². The minimum Gasteiger partial charge on any atom is -0.339 e. The van der Waals surface area contributed by atoms with E-state index in [1.165, 1.54) is 24.0 Å². The largest absolute Gasteiger partial charge is 0.339 e. The normalized spacial score (nSPS) is 26.3. The van der Waals surface area contributed by atoms with Crippen LogP contribution in [0.2, 0.25) is 0 Å². The standard InChI is InChI=1S/C32H43FN6O3S/c1-20(2)37(3)32(40)27-13-25(33)7-10-29(27)39-18-28(31-30(39)14-34-19-35-31)22-11-23-16-38(17-24(23)12-22)15-21-5-8-26(9-6-21)36-43(4,41)42/h7,10,13-14,18-24,26,36H,5-6,8-9,11-12,15-17H2,1-4H3/t21-,22?,23?,24?,26-. The Morgan fingerprint density at radius 3 is 2.49 bits per heavy atom. The minimum absolute atomic E-state index is 0.0201. The second-order valence-corrected chi connectivity index (χ2v) is 15.2. The zero-order chi connectivity index (χ0) is 30.5. The van der Waals surface area contributed by atoms with E-state index >= 15 is 0 Å². The monoisotopic (exact) mass is 610 g/mol. The van der Waals surface area contributed by atoms with Crippen molar-refractivity contribution < 1.29 is 17.6 Å². The minimum atomic E-state index is -3.15. The quantitative estimate of drug-likeness (QED) is 0.401. The van der Waals surface area contributed by atoms with Gasteiger partial charge in [0.05, 0.1) is 34.7 Å². The van der Waals surface area contributed by atoms with E-state index in [0.717, 1.165) is 69.2 Å². The Kier molecular flexibility index (Phi) is 8.34. The molecule has 2 aromatic heterocycles. The van der Waals surface area contributed by atoms with Crippen LogP contribution in [0.5, 0.6) is 0 Å². The smallest absolute Gasteiger partial charge is 0.256 e. The lowest BCUT2D eigenvalue weighted by Crippen LogP contribution is -2.39. The van der Waals surface area contributed by atoms with Crippen molar-refractivity contribution in [1.29, 1.82) is 0 Å². The summed E-state index contributed by atoms with van der Waals surface area (Å²) in [5, 5.41) is 0. The van der Waals surface area contributed by atoms with Gasteiger partial charge in [0.25, 0.3) is 5.91 Å². The van der Waals surface area contributed by atoms with Crippen molar-refractivity contribution in [3.63, 3.8) is 0 Å². The average Bonchev–Trinajstić information content (AvgIpc) is 3.64. The van der Waals surface area contributed by atoms with E-state index in [2.05, 4.69) is 25.8 Å². The topological polar surface area (TPSA) is 100 Å². The highest BCUT2D eigenvalue weighted by Crippen LogP contribution is 2.48. The fraction of sp³-hybridized carbons (Fsp3) is 0.594. The number of halogens is 1. The van der Waals surface area contributed by atoms with Gasteiger partial charge in [-0.05, 0) is 99.8 Å². The van der Waals surface area contributed by atoms with Gasteiger partial charge < -0.3 is 14.4 Å². The van der Waals surface area contributed by atoms with E-state index in [1.807, 2.05) is 18.4 Å². The fourth-order valence-corrected chi connectivity index (χ4v) is 8.58. The summed E-state index contributed by atoms with van der Waals surface area (Å²) in [4.78, 5) is 26.6. The molecule has 11 heteroatoms. The Hall–Kier alpha value is -2.89. The SMILES string of the molecule is CC(C)N(C)C(=O)c1cc(F)ccc1-n1cc(C2CC3CN(C[C@H]4CC[C@H](NS(C)(=O)=O)CC4)CC3C2)c2ncncc21. The zero-order valence-electron chi connectivity index (χ0n) is 25.5. The van der Waals surface area contributed by atoms with Gasteiger partial charge in [-0.3, -0.25) is 4.79 Å². The Labute approximate surface area is 253 Å². The summed E-state index contributed by atoms with van der Waals surface area (Å²) in [6.07, 6.45) is 12.9. The predicted octanol–water partition coefficient (Wildman–Crippen LogP) is 4.57. The molecule has 2 saturated carbocycles. The summed E-state index contributed by atoms with van der Waals surface area (Å²) in [7, 11) is -1.40. The number of hydrogen-bond acceptors (Lipinski definition) is 6. The van der Waals surface area contributed by atoms with Gasteiger partial charge in [0.15, 0.2) is 0 Å². The van der Waals surface area contributed by atoms with Crippen LogP contribution < -0.4 is 4.72 Å². The molecule has 2 atom stereocenters. The lowest BCUT2D eigenvalue weighted by Gasteiger charge is -2.31. The van der Waals surface area contributed by atoms with E-state index < -0.39 is 15.8 Å². The summed E-state index contributed by atoms with van der Waals surface area (Å²) >= 11 is 0. The number of aromatic nitrogens is 3. The van der Waals surface area contributed by atoms with Crippen molar-refractivity contribution in [3.8, 4) is 5.69 Å². The van der Waals surface area contributed by atoms with Gasteiger partial charge in [0.2, 0.25) is 10.0 Å². The van der Waals surface area contributed by atoms with Crippen molar-refractivity contribution in [3.05, 3.63) is 53.9 Å². The maximum atomic E-state index is 14.4. The van der Waals surface area contributed by atoms with Crippen LogP contribution in [-0.4, -0.2) is 83.7 Å². The van der Waals surface area contributed by atoms with E-state index in [0.29, 0.717) is 34.9 Å². The number of hydrogen-bond donors (Lipinski definition) is 1. The summed E-state index contributed by atoms with van der Waals surface area (Å²) in [5.74, 6) is 1.60. The van der Waals surface area contributed by atoms with Gasteiger partial charge in [0.1, 0.15) is 12.1 Å². The number of sulfonamides is 1. The van der Waals surface area contributed by atoms with E-state index in [-0.39, 0.29) is 18.0 Å². The van der Waals surface area contributed by atoms with Crippen LogP contribution in [0, 0.1) is 23.6 Å². The molecule has 3 heterocycles. The molecule has 1 saturated heterocycles. The van der Waals surface area contributed by atoms with Gasteiger partial charge in [-0.2, -0.15) is 0 Å². The highest BCUT2D eigenvalue weighted by atomic mass is 32.2. The molecule has 1 aliphatic heterocycles. The van der Waals surface area contributed by atoms with Crippen molar-refractivity contribution in [2.75, 3.05) is 32.9 Å². The van der Waals surface area contributed by atoms with Crippen LogP contribution in [0.15, 0.2) is 36.9 Å². The molecule has 3 fully saturated rings.